The molecule has 0 spiro atoms. The molecule has 1 fully saturated rings. The van der Waals surface area contributed by atoms with Crippen LogP contribution in [0.3, 0.4) is 0 Å². The molecule has 0 amide bonds. The number of nitrogens with zero attached hydrogens (tertiary/aromatic N) is 3. The van der Waals surface area contributed by atoms with Crippen molar-refractivity contribution in [2.45, 2.75) is 50.0 Å². The molecule has 33 heavy (non-hydrogen) atoms. The second kappa shape index (κ2) is 10.2. The van der Waals surface area contributed by atoms with Crippen LogP contribution < -0.4 is 10.2 Å². The van der Waals surface area contributed by atoms with E-state index in [1.54, 1.807) is 6.07 Å². The minimum absolute atomic E-state index is 0.0194. The van der Waals surface area contributed by atoms with Crippen molar-refractivity contribution in [3.63, 3.8) is 0 Å². The van der Waals surface area contributed by atoms with Gasteiger partial charge in [0, 0.05) is 25.3 Å². The number of aromatic nitrogens is 2. The average Bonchev–Trinajstić information content (AvgIpc) is 3.22. The molecule has 4 rings (SSSR count). The number of aryl methyl sites for hydroxylation is 1. The first kappa shape index (κ1) is 23.6. The molecule has 2 atom stereocenters. The van der Waals surface area contributed by atoms with E-state index in [1.165, 1.54) is 7.11 Å². The van der Waals surface area contributed by atoms with E-state index in [9.17, 15) is 14.1 Å². The number of piperidine rings is 1. The van der Waals surface area contributed by atoms with Gasteiger partial charge in [0.15, 0.2) is 0 Å². The Kier molecular flexibility index (Phi) is 7.29. The molecular formula is C24H32N4O4S. The van der Waals surface area contributed by atoms with Gasteiger partial charge in [0.25, 0.3) is 0 Å². The van der Waals surface area contributed by atoms with Gasteiger partial charge in [-0.15, -0.1) is 0 Å². The smallest absolute Gasteiger partial charge is 0.337 e. The monoisotopic (exact) mass is 472 g/mol. The highest BCUT2D eigenvalue weighted by Gasteiger charge is 2.30. The fraction of sp³-hybridized carbons (Fsp3) is 0.542. The van der Waals surface area contributed by atoms with Crippen LogP contribution >= 0.6 is 0 Å². The molecule has 2 N–H and O–H groups in total. The number of carbonyl (C=O) groups is 1. The second-order valence-corrected chi connectivity index (χ2v) is 10.5. The molecule has 2 aromatic rings. The highest BCUT2D eigenvalue weighted by molar-refractivity contribution is 7.85. The standard InChI is InChI=1S/C24H32N4O4S/c1-15(2)20(14-29)25-22-21-19(9-12-33(21)31)26-24(27-22)28-10-7-16(8-11-28)17-5-4-6-18(13-17)23(30)32-3/h4-6,13,15-16,20,29H,7-12,14H2,1-3H3,(H,25,26,27)/t20-,33?/m0/s1. The van der Waals surface area contributed by atoms with Crippen molar-refractivity contribution < 1.29 is 18.8 Å². The zero-order valence-electron chi connectivity index (χ0n) is 19.4. The molecule has 2 aliphatic heterocycles. The number of fused-ring (bicyclic) bond motifs is 1. The summed E-state index contributed by atoms with van der Waals surface area (Å²) in [6.45, 7) is 5.64. The minimum Gasteiger partial charge on any atom is -0.465 e. The van der Waals surface area contributed by atoms with E-state index in [-0.39, 0.29) is 24.5 Å². The molecule has 9 heteroatoms. The Labute approximate surface area is 197 Å². The number of hydrogen-bond donors (Lipinski definition) is 2. The maximum absolute atomic E-state index is 12.6. The second-order valence-electron chi connectivity index (χ2n) is 9.00. The normalized spacial score (nSPS) is 19.4. The molecule has 0 saturated carbocycles. The van der Waals surface area contributed by atoms with Crippen LogP contribution in [0.1, 0.15) is 54.2 Å². The molecule has 178 valence electrons. The first-order valence-electron chi connectivity index (χ1n) is 11.5. The Morgan fingerprint density at radius 1 is 1.30 bits per heavy atom. The number of esters is 1. The summed E-state index contributed by atoms with van der Waals surface area (Å²) in [5.41, 5.74) is 2.56. The van der Waals surface area contributed by atoms with Crippen LogP contribution in [0.25, 0.3) is 0 Å². The zero-order chi connectivity index (χ0) is 23.5. The molecule has 0 bridgehead atoms. The van der Waals surface area contributed by atoms with E-state index in [4.69, 9.17) is 14.7 Å². The number of anilines is 2. The van der Waals surface area contributed by atoms with Crippen LogP contribution in [-0.2, 0) is 22.0 Å². The van der Waals surface area contributed by atoms with Gasteiger partial charge in [-0.05, 0) is 42.4 Å². The van der Waals surface area contributed by atoms with Gasteiger partial charge in [0.05, 0.1) is 41.8 Å². The van der Waals surface area contributed by atoms with Gasteiger partial charge in [0.1, 0.15) is 10.7 Å². The highest BCUT2D eigenvalue weighted by Crippen LogP contribution is 2.34. The van der Waals surface area contributed by atoms with Gasteiger partial charge in [-0.3, -0.25) is 4.21 Å². The number of nitrogens with one attached hydrogen (secondary N) is 1. The molecule has 8 nitrogen and oxygen atoms in total. The lowest BCUT2D eigenvalue weighted by molar-refractivity contribution is 0.0600. The third kappa shape index (κ3) is 5.04. The average molecular weight is 473 g/mol. The minimum atomic E-state index is -1.12. The lowest BCUT2D eigenvalue weighted by atomic mass is 9.88. The summed E-state index contributed by atoms with van der Waals surface area (Å²) in [5, 5.41) is 13.1. The van der Waals surface area contributed by atoms with E-state index in [0.717, 1.165) is 37.2 Å². The zero-order valence-corrected chi connectivity index (χ0v) is 20.2. The van der Waals surface area contributed by atoms with Gasteiger partial charge in [-0.1, -0.05) is 26.0 Å². The molecule has 3 heterocycles. The molecule has 1 aromatic carbocycles. The summed E-state index contributed by atoms with van der Waals surface area (Å²) in [7, 11) is 0.278. The summed E-state index contributed by atoms with van der Waals surface area (Å²) in [6, 6.07) is 7.51. The Morgan fingerprint density at radius 2 is 2.06 bits per heavy atom. The SMILES string of the molecule is COC(=O)c1cccc(C2CCN(c3nc4c(c(N[C@@H](CO)C(C)C)n3)S(=O)CC4)CC2)c1. The van der Waals surface area contributed by atoms with Gasteiger partial charge >= 0.3 is 5.97 Å². The maximum Gasteiger partial charge on any atom is 0.337 e. The van der Waals surface area contributed by atoms with Gasteiger partial charge in [0.2, 0.25) is 5.95 Å². The Bertz CT molecular complexity index is 1040. The third-order valence-electron chi connectivity index (χ3n) is 6.56. The quantitative estimate of drug-likeness (QED) is 0.593. The molecule has 2 aliphatic rings. The van der Waals surface area contributed by atoms with Crippen molar-refractivity contribution in [2.75, 3.05) is 42.8 Å². The first-order chi connectivity index (χ1) is 15.9. The van der Waals surface area contributed by atoms with Crippen molar-refractivity contribution in [3.05, 3.63) is 41.1 Å². The molecule has 1 aromatic heterocycles. The largest absolute Gasteiger partial charge is 0.465 e. The number of carbonyl (C=O) groups excluding carboxylic acids is 1. The van der Waals surface area contributed by atoms with Gasteiger partial charge in [-0.25, -0.2) is 9.78 Å². The number of ether oxygens (including phenoxy) is 1. The van der Waals surface area contributed by atoms with Crippen LogP contribution in [-0.4, -0.2) is 63.9 Å². The van der Waals surface area contributed by atoms with Crippen molar-refractivity contribution in [1.29, 1.82) is 0 Å². The predicted octanol–water partition coefficient (Wildman–Crippen LogP) is 2.74. The van der Waals surface area contributed by atoms with Crippen LogP contribution in [0.4, 0.5) is 11.8 Å². The van der Waals surface area contributed by atoms with Crippen LogP contribution in [0.5, 0.6) is 0 Å². The maximum atomic E-state index is 12.6. The third-order valence-corrected chi connectivity index (χ3v) is 8.02. The van der Waals surface area contributed by atoms with E-state index >= 15 is 0 Å². The van der Waals surface area contributed by atoms with E-state index in [0.29, 0.717) is 40.3 Å². The van der Waals surface area contributed by atoms with Gasteiger partial charge in [-0.2, -0.15) is 4.98 Å². The first-order valence-corrected chi connectivity index (χ1v) is 12.8. The van der Waals surface area contributed by atoms with E-state index < -0.39 is 10.8 Å². The number of methoxy groups -OCH3 is 1. The van der Waals surface area contributed by atoms with Crippen LogP contribution in [0.2, 0.25) is 0 Å². The number of aliphatic hydroxyl groups is 1. The lowest BCUT2D eigenvalue weighted by Gasteiger charge is -2.33. The Balaban J connectivity index is 1.52. The molecular weight excluding hydrogens is 440 g/mol. The van der Waals surface area contributed by atoms with Crippen molar-refractivity contribution in [3.8, 4) is 0 Å². The molecule has 0 aliphatic carbocycles. The lowest BCUT2D eigenvalue weighted by Crippen LogP contribution is -2.35. The number of rotatable bonds is 7. The summed E-state index contributed by atoms with van der Waals surface area (Å²) in [4.78, 5) is 24.3. The van der Waals surface area contributed by atoms with Gasteiger partial charge < -0.3 is 20.1 Å². The van der Waals surface area contributed by atoms with E-state index in [2.05, 4.69) is 16.3 Å². The predicted molar refractivity (Wildman–Crippen MR) is 128 cm³/mol. The molecule has 1 unspecified atom stereocenters. The topological polar surface area (TPSA) is 105 Å². The fourth-order valence-corrected chi connectivity index (χ4v) is 5.79. The summed E-state index contributed by atoms with van der Waals surface area (Å²) in [6.07, 6.45) is 2.52. The van der Waals surface area contributed by atoms with Crippen LogP contribution in [0.15, 0.2) is 29.2 Å². The fourth-order valence-electron chi connectivity index (χ4n) is 4.47. The Hall–Kier alpha value is -2.52. The number of hydrogen-bond acceptors (Lipinski definition) is 8. The van der Waals surface area contributed by atoms with Crippen LogP contribution in [0, 0.1) is 5.92 Å². The summed E-state index contributed by atoms with van der Waals surface area (Å²) in [5.74, 6) is 2.04. The van der Waals surface area contributed by atoms with Crippen molar-refractivity contribution in [2.24, 2.45) is 5.92 Å². The van der Waals surface area contributed by atoms with E-state index in [1.807, 2.05) is 26.0 Å². The molecule has 0 radical (unpaired) electrons. The summed E-state index contributed by atoms with van der Waals surface area (Å²) < 4.78 is 17.4. The van der Waals surface area contributed by atoms with Crippen molar-refractivity contribution in [1.82, 2.24) is 9.97 Å². The Morgan fingerprint density at radius 3 is 2.73 bits per heavy atom. The number of benzene rings is 1. The molecule has 1 saturated heterocycles. The highest BCUT2D eigenvalue weighted by atomic mass is 32.2. The summed E-state index contributed by atoms with van der Waals surface area (Å²) >= 11 is 0. The van der Waals surface area contributed by atoms with Crippen molar-refractivity contribution >= 4 is 28.5 Å². The number of aliphatic hydroxyl groups excluding tert-OH is 1.